The molecular formula is C13H14N4O2. The average molecular weight is 258 g/mol. The molecule has 0 fully saturated rings. The number of amides is 1. The first-order valence-electron chi connectivity index (χ1n) is 6.05. The highest BCUT2D eigenvalue weighted by Gasteiger charge is 2.18. The van der Waals surface area contributed by atoms with E-state index in [1.807, 2.05) is 18.3 Å². The molecule has 3 heterocycles. The molecule has 1 aliphatic rings. The predicted molar refractivity (Wildman–Crippen MR) is 72.7 cm³/mol. The summed E-state index contributed by atoms with van der Waals surface area (Å²) in [5, 5.41) is 9.91. The molecule has 2 aromatic heterocycles. The zero-order chi connectivity index (χ0) is 13.4. The number of nitrogen functional groups attached to an aromatic ring is 1. The molecule has 0 unspecified atom stereocenters. The van der Waals surface area contributed by atoms with E-state index in [0.717, 1.165) is 22.2 Å². The van der Waals surface area contributed by atoms with Crippen molar-refractivity contribution in [3.05, 3.63) is 30.1 Å². The number of rotatable bonds is 1. The van der Waals surface area contributed by atoms with E-state index < -0.39 is 6.09 Å². The van der Waals surface area contributed by atoms with E-state index in [9.17, 15) is 4.79 Å². The van der Waals surface area contributed by atoms with Gasteiger partial charge in [0.2, 0.25) is 0 Å². The standard InChI is InChI=1S/C13H14N4O2/c14-9-5-10-11(7-16-12(10)15-6-9)8-1-3-17(4-2-8)13(18)19/h1,5-7H,2-4,14H2,(H,15,16)(H,18,19). The third-order valence-electron chi connectivity index (χ3n) is 3.38. The first-order chi connectivity index (χ1) is 9.15. The number of nitrogens with two attached hydrogens (primary N) is 1. The van der Waals surface area contributed by atoms with Gasteiger partial charge in [0, 0.05) is 30.2 Å². The highest BCUT2D eigenvalue weighted by molar-refractivity contribution is 5.92. The lowest BCUT2D eigenvalue weighted by molar-refractivity contribution is 0.150. The lowest BCUT2D eigenvalue weighted by atomic mass is 10.00. The Balaban J connectivity index is 1.97. The SMILES string of the molecule is Nc1cnc2[nH]cc(C3=CCN(C(=O)O)CC3)c2c1. The molecule has 6 heteroatoms. The van der Waals surface area contributed by atoms with E-state index in [1.54, 1.807) is 6.20 Å². The maximum absolute atomic E-state index is 10.9. The maximum Gasteiger partial charge on any atom is 0.407 e. The second-order valence-electron chi connectivity index (χ2n) is 4.58. The summed E-state index contributed by atoms with van der Waals surface area (Å²) in [7, 11) is 0. The van der Waals surface area contributed by atoms with Gasteiger partial charge in [-0.1, -0.05) is 6.08 Å². The first-order valence-corrected chi connectivity index (χ1v) is 6.05. The summed E-state index contributed by atoms with van der Waals surface area (Å²) in [6.07, 6.45) is 5.29. The van der Waals surface area contributed by atoms with Gasteiger partial charge in [-0.05, 0) is 18.1 Å². The maximum atomic E-state index is 10.9. The third kappa shape index (κ3) is 2.01. The molecule has 0 aliphatic carbocycles. The monoisotopic (exact) mass is 258 g/mol. The van der Waals surface area contributed by atoms with Crippen molar-refractivity contribution in [1.82, 2.24) is 14.9 Å². The molecule has 4 N–H and O–H groups in total. The molecule has 0 radical (unpaired) electrons. The number of H-pyrrole nitrogens is 1. The number of hydrogen-bond donors (Lipinski definition) is 3. The van der Waals surface area contributed by atoms with E-state index in [-0.39, 0.29) is 0 Å². The Hall–Kier alpha value is -2.50. The molecule has 0 aromatic carbocycles. The van der Waals surface area contributed by atoms with Gasteiger partial charge in [-0.3, -0.25) is 0 Å². The molecule has 3 rings (SSSR count). The van der Waals surface area contributed by atoms with Gasteiger partial charge < -0.3 is 20.7 Å². The predicted octanol–water partition coefficient (Wildman–Crippen LogP) is 1.91. The summed E-state index contributed by atoms with van der Waals surface area (Å²) < 4.78 is 0. The van der Waals surface area contributed by atoms with E-state index >= 15 is 0 Å². The number of carboxylic acid groups (broad SMARTS) is 1. The molecule has 0 bridgehead atoms. The second-order valence-corrected chi connectivity index (χ2v) is 4.58. The highest BCUT2D eigenvalue weighted by atomic mass is 16.4. The van der Waals surface area contributed by atoms with Crippen LogP contribution in [0.1, 0.15) is 12.0 Å². The van der Waals surface area contributed by atoms with Crippen LogP contribution >= 0.6 is 0 Å². The summed E-state index contributed by atoms with van der Waals surface area (Å²) >= 11 is 0. The van der Waals surface area contributed by atoms with Crippen LogP contribution in [0.25, 0.3) is 16.6 Å². The Labute approximate surface area is 109 Å². The normalized spacial score (nSPS) is 15.6. The van der Waals surface area contributed by atoms with Gasteiger partial charge in [-0.15, -0.1) is 0 Å². The van der Waals surface area contributed by atoms with Crippen molar-refractivity contribution in [2.24, 2.45) is 0 Å². The van der Waals surface area contributed by atoms with Gasteiger partial charge in [-0.25, -0.2) is 9.78 Å². The van der Waals surface area contributed by atoms with E-state index in [0.29, 0.717) is 25.2 Å². The molecule has 0 saturated carbocycles. The fraction of sp³-hybridized carbons (Fsp3) is 0.231. The molecule has 19 heavy (non-hydrogen) atoms. The van der Waals surface area contributed by atoms with Gasteiger partial charge in [0.1, 0.15) is 5.65 Å². The van der Waals surface area contributed by atoms with Crippen LogP contribution < -0.4 is 5.73 Å². The van der Waals surface area contributed by atoms with Crippen LogP contribution in [0, 0.1) is 0 Å². The summed E-state index contributed by atoms with van der Waals surface area (Å²) in [5.41, 5.74) is 9.37. The van der Waals surface area contributed by atoms with E-state index in [1.165, 1.54) is 4.90 Å². The van der Waals surface area contributed by atoms with E-state index in [4.69, 9.17) is 10.8 Å². The Morgan fingerprint density at radius 3 is 3.05 bits per heavy atom. The minimum Gasteiger partial charge on any atom is -0.465 e. The zero-order valence-electron chi connectivity index (χ0n) is 10.3. The number of aromatic nitrogens is 2. The first kappa shape index (κ1) is 11.6. The van der Waals surface area contributed by atoms with Crippen molar-refractivity contribution < 1.29 is 9.90 Å². The largest absolute Gasteiger partial charge is 0.465 e. The molecule has 0 saturated heterocycles. The fourth-order valence-electron chi connectivity index (χ4n) is 2.37. The number of nitrogens with one attached hydrogen (secondary N) is 1. The average Bonchev–Trinajstić information content (AvgIpc) is 2.81. The minimum absolute atomic E-state index is 0.424. The number of nitrogens with zero attached hydrogens (tertiary/aromatic N) is 2. The molecular weight excluding hydrogens is 244 g/mol. The Bertz CT molecular complexity index is 674. The van der Waals surface area contributed by atoms with Crippen LogP contribution in [0.3, 0.4) is 0 Å². The summed E-state index contributed by atoms with van der Waals surface area (Å²) in [4.78, 5) is 19.6. The number of pyridine rings is 1. The quantitative estimate of drug-likeness (QED) is 0.728. The number of fused-ring (bicyclic) bond motifs is 1. The van der Waals surface area contributed by atoms with Crippen molar-refractivity contribution in [2.45, 2.75) is 6.42 Å². The minimum atomic E-state index is -0.875. The number of anilines is 1. The van der Waals surface area contributed by atoms with Gasteiger partial charge in [0.25, 0.3) is 0 Å². The van der Waals surface area contributed by atoms with Crippen molar-refractivity contribution in [3.8, 4) is 0 Å². The van der Waals surface area contributed by atoms with Gasteiger partial charge >= 0.3 is 6.09 Å². The van der Waals surface area contributed by atoms with Crippen molar-refractivity contribution in [3.63, 3.8) is 0 Å². The number of aromatic amines is 1. The molecule has 98 valence electrons. The lowest BCUT2D eigenvalue weighted by Crippen LogP contribution is -2.33. The van der Waals surface area contributed by atoms with Crippen LogP contribution in [0.5, 0.6) is 0 Å². The van der Waals surface area contributed by atoms with Crippen LogP contribution in [-0.2, 0) is 0 Å². The highest BCUT2D eigenvalue weighted by Crippen LogP contribution is 2.29. The van der Waals surface area contributed by atoms with Crippen molar-refractivity contribution in [2.75, 3.05) is 18.8 Å². The summed E-state index contributed by atoms with van der Waals surface area (Å²) in [5.74, 6) is 0. The topological polar surface area (TPSA) is 95.2 Å². The van der Waals surface area contributed by atoms with Crippen molar-refractivity contribution >= 4 is 28.4 Å². The zero-order valence-corrected chi connectivity index (χ0v) is 10.3. The van der Waals surface area contributed by atoms with Crippen LogP contribution in [0.15, 0.2) is 24.5 Å². The third-order valence-corrected chi connectivity index (χ3v) is 3.38. The molecule has 0 spiro atoms. The number of hydrogen-bond acceptors (Lipinski definition) is 3. The molecule has 1 amide bonds. The van der Waals surface area contributed by atoms with Crippen LogP contribution in [0.2, 0.25) is 0 Å². The molecule has 1 aliphatic heterocycles. The molecule has 0 atom stereocenters. The smallest absolute Gasteiger partial charge is 0.407 e. The molecule has 6 nitrogen and oxygen atoms in total. The Kier molecular flexibility index (Phi) is 2.63. The second kappa shape index (κ2) is 4.31. The number of carbonyl (C=O) groups is 1. The van der Waals surface area contributed by atoms with Crippen molar-refractivity contribution in [1.29, 1.82) is 0 Å². The van der Waals surface area contributed by atoms with Gasteiger partial charge in [0.05, 0.1) is 11.9 Å². The van der Waals surface area contributed by atoms with Gasteiger partial charge in [-0.2, -0.15) is 0 Å². The summed E-state index contributed by atoms with van der Waals surface area (Å²) in [6.45, 7) is 0.941. The lowest BCUT2D eigenvalue weighted by Gasteiger charge is -2.23. The van der Waals surface area contributed by atoms with Crippen LogP contribution in [-0.4, -0.2) is 39.2 Å². The van der Waals surface area contributed by atoms with Crippen LogP contribution in [0.4, 0.5) is 10.5 Å². The molecule has 2 aromatic rings. The van der Waals surface area contributed by atoms with E-state index in [2.05, 4.69) is 9.97 Å². The Morgan fingerprint density at radius 1 is 1.53 bits per heavy atom. The summed E-state index contributed by atoms with van der Waals surface area (Å²) in [6, 6.07) is 1.89. The van der Waals surface area contributed by atoms with Gasteiger partial charge in [0.15, 0.2) is 0 Å². The fourth-order valence-corrected chi connectivity index (χ4v) is 2.37. The Morgan fingerprint density at radius 2 is 2.37 bits per heavy atom.